The molecule has 0 saturated heterocycles. The van der Waals surface area contributed by atoms with Crippen LogP contribution in [0.3, 0.4) is 0 Å². The van der Waals surface area contributed by atoms with Crippen molar-refractivity contribution in [3.8, 4) is 0 Å². The molecule has 0 spiro atoms. The van der Waals surface area contributed by atoms with Crippen LogP contribution < -0.4 is 4.72 Å². The van der Waals surface area contributed by atoms with Crippen LogP contribution in [0.2, 0.25) is 0 Å². The van der Waals surface area contributed by atoms with E-state index < -0.39 is 10.0 Å². The lowest BCUT2D eigenvalue weighted by atomic mass is 10.2. The predicted molar refractivity (Wildman–Crippen MR) is 70.6 cm³/mol. The number of hydrogen-bond donors (Lipinski definition) is 2. The smallest absolute Gasteiger partial charge is 0.212 e. The summed E-state index contributed by atoms with van der Waals surface area (Å²) in [7, 11) is -3.25. The summed E-state index contributed by atoms with van der Waals surface area (Å²) >= 11 is 1.56. The highest BCUT2D eigenvalue weighted by Crippen LogP contribution is 2.22. The summed E-state index contributed by atoms with van der Waals surface area (Å²) in [5.74, 6) is 0.0788. The number of unbranched alkanes of at least 4 members (excludes halogenated alkanes) is 1. The summed E-state index contributed by atoms with van der Waals surface area (Å²) in [4.78, 5) is 1.04. The molecule has 0 aliphatic carbocycles. The van der Waals surface area contributed by atoms with Crippen molar-refractivity contribution < 1.29 is 13.5 Å². The molecule has 0 radical (unpaired) electrons. The van der Waals surface area contributed by atoms with Crippen molar-refractivity contribution in [2.45, 2.75) is 32.2 Å². The number of thiophene rings is 1. The highest BCUT2D eigenvalue weighted by molar-refractivity contribution is 7.89. The van der Waals surface area contributed by atoms with Crippen molar-refractivity contribution in [1.82, 2.24) is 4.72 Å². The number of hydrogen-bond acceptors (Lipinski definition) is 4. The summed E-state index contributed by atoms with van der Waals surface area (Å²) in [5, 5.41) is 10.6. The minimum Gasteiger partial charge on any atom is -0.396 e. The fraction of sp³-hybridized carbons (Fsp3) is 0.636. The quantitative estimate of drug-likeness (QED) is 0.713. The van der Waals surface area contributed by atoms with Crippen LogP contribution >= 0.6 is 11.3 Å². The Balaban J connectivity index is 2.56. The van der Waals surface area contributed by atoms with Gasteiger partial charge in [-0.25, -0.2) is 13.1 Å². The van der Waals surface area contributed by atoms with Crippen molar-refractivity contribution in [2.75, 3.05) is 12.4 Å². The van der Waals surface area contributed by atoms with E-state index in [0.29, 0.717) is 12.8 Å². The lowest BCUT2D eigenvalue weighted by Crippen LogP contribution is -2.30. The maximum absolute atomic E-state index is 11.8. The zero-order valence-corrected chi connectivity index (χ0v) is 11.6. The first-order valence-corrected chi connectivity index (χ1v) is 8.26. The maximum Gasteiger partial charge on any atom is 0.212 e. The standard InChI is InChI=1S/C11H19NO3S2/c1-2-10(11-6-5-8-16-11)12-17(14,15)9-4-3-7-13/h5-6,8,10,12-13H,2-4,7,9H2,1H3. The summed E-state index contributed by atoms with van der Waals surface area (Å²) in [6.07, 6.45) is 1.75. The Bertz CT molecular complexity index is 400. The van der Waals surface area contributed by atoms with Gasteiger partial charge in [0, 0.05) is 11.5 Å². The molecule has 0 aliphatic rings. The summed E-state index contributed by atoms with van der Waals surface area (Å²) < 4.78 is 26.3. The lowest BCUT2D eigenvalue weighted by Gasteiger charge is -2.15. The Hall–Kier alpha value is -0.430. The molecule has 1 aromatic heterocycles. The van der Waals surface area contributed by atoms with Gasteiger partial charge in [0.25, 0.3) is 0 Å². The Morgan fingerprint density at radius 3 is 2.76 bits per heavy atom. The second-order valence-electron chi connectivity index (χ2n) is 3.84. The average Bonchev–Trinajstić information content (AvgIpc) is 2.79. The first-order valence-electron chi connectivity index (χ1n) is 5.73. The number of sulfonamides is 1. The Morgan fingerprint density at radius 2 is 2.24 bits per heavy atom. The largest absolute Gasteiger partial charge is 0.396 e. The van der Waals surface area contributed by atoms with Gasteiger partial charge in [0.1, 0.15) is 0 Å². The molecule has 1 atom stereocenters. The third-order valence-corrected chi connectivity index (χ3v) is 4.89. The van der Waals surface area contributed by atoms with E-state index in [1.54, 1.807) is 11.3 Å². The van der Waals surface area contributed by atoms with Crippen LogP contribution in [0.5, 0.6) is 0 Å². The average molecular weight is 277 g/mol. The van der Waals surface area contributed by atoms with Crippen LogP contribution in [-0.2, 0) is 10.0 Å². The molecule has 2 N–H and O–H groups in total. The Kier molecular flexibility index (Phi) is 6.11. The van der Waals surface area contributed by atoms with E-state index in [1.165, 1.54) is 0 Å². The van der Waals surface area contributed by atoms with Crippen LogP contribution in [0.4, 0.5) is 0 Å². The second kappa shape index (κ2) is 7.10. The van der Waals surface area contributed by atoms with E-state index >= 15 is 0 Å². The molecule has 0 fully saturated rings. The van der Waals surface area contributed by atoms with Crippen molar-refractivity contribution in [3.05, 3.63) is 22.4 Å². The fourth-order valence-corrected chi connectivity index (χ4v) is 3.88. The molecule has 1 unspecified atom stereocenters. The molecule has 0 aliphatic heterocycles. The first-order chi connectivity index (χ1) is 8.09. The molecule has 6 heteroatoms. The molecule has 0 bridgehead atoms. The lowest BCUT2D eigenvalue weighted by molar-refractivity contribution is 0.287. The van der Waals surface area contributed by atoms with Crippen LogP contribution in [-0.4, -0.2) is 25.9 Å². The van der Waals surface area contributed by atoms with Gasteiger partial charge in [0.05, 0.1) is 11.8 Å². The van der Waals surface area contributed by atoms with Gasteiger partial charge in [-0.15, -0.1) is 11.3 Å². The first kappa shape index (κ1) is 14.6. The second-order valence-corrected chi connectivity index (χ2v) is 6.70. The minimum absolute atomic E-state index is 0.0393. The van der Waals surface area contributed by atoms with Crippen molar-refractivity contribution in [2.24, 2.45) is 0 Å². The fourth-order valence-electron chi connectivity index (χ4n) is 1.51. The van der Waals surface area contributed by atoms with E-state index in [0.717, 1.165) is 11.3 Å². The van der Waals surface area contributed by atoms with Crippen LogP contribution in [0.25, 0.3) is 0 Å². The minimum atomic E-state index is -3.25. The highest BCUT2D eigenvalue weighted by Gasteiger charge is 2.18. The summed E-state index contributed by atoms with van der Waals surface area (Å²) in [6, 6.07) is 3.73. The SMILES string of the molecule is CCC(NS(=O)(=O)CCCCO)c1cccs1. The molecule has 1 aromatic rings. The van der Waals surface area contributed by atoms with E-state index in [9.17, 15) is 8.42 Å². The molecule has 1 heterocycles. The van der Waals surface area contributed by atoms with Gasteiger partial charge in [-0.05, 0) is 30.7 Å². The van der Waals surface area contributed by atoms with Crippen LogP contribution in [0.1, 0.15) is 37.1 Å². The molecular weight excluding hydrogens is 258 g/mol. The molecule has 0 saturated carbocycles. The van der Waals surface area contributed by atoms with Crippen molar-refractivity contribution in [3.63, 3.8) is 0 Å². The highest BCUT2D eigenvalue weighted by atomic mass is 32.2. The topological polar surface area (TPSA) is 66.4 Å². The van der Waals surface area contributed by atoms with Gasteiger partial charge in [-0.3, -0.25) is 0 Å². The monoisotopic (exact) mass is 277 g/mol. The number of rotatable bonds is 8. The normalized spacial score (nSPS) is 13.8. The van der Waals surface area contributed by atoms with E-state index in [2.05, 4.69) is 4.72 Å². The van der Waals surface area contributed by atoms with Gasteiger partial charge in [-0.1, -0.05) is 13.0 Å². The van der Waals surface area contributed by atoms with E-state index in [1.807, 2.05) is 24.4 Å². The number of aliphatic hydroxyl groups excluding tert-OH is 1. The van der Waals surface area contributed by atoms with Gasteiger partial charge < -0.3 is 5.11 Å². The molecule has 0 aromatic carbocycles. The third kappa shape index (κ3) is 5.16. The van der Waals surface area contributed by atoms with Crippen LogP contribution in [0, 0.1) is 0 Å². The molecule has 4 nitrogen and oxygen atoms in total. The van der Waals surface area contributed by atoms with Gasteiger partial charge in [0.15, 0.2) is 0 Å². The Morgan fingerprint density at radius 1 is 1.47 bits per heavy atom. The van der Waals surface area contributed by atoms with Crippen molar-refractivity contribution in [1.29, 1.82) is 0 Å². The van der Waals surface area contributed by atoms with Gasteiger partial charge in [-0.2, -0.15) is 0 Å². The predicted octanol–water partition coefficient (Wildman–Crippen LogP) is 1.89. The molecule has 1 rings (SSSR count). The van der Waals surface area contributed by atoms with E-state index in [-0.39, 0.29) is 18.4 Å². The maximum atomic E-state index is 11.8. The third-order valence-electron chi connectivity index (χ3n) is 2.44. The number of aliphatic hydroxyl groups is 1. The Labute approximate surface area is 107 Å². The summed E-state index contributed by atoms with van der Waals surface area (Å²) in [5.41, 5.74) is 0. The molecule has 0 amide bonds. The van der Waals surface area contributed by atoms with Crippen molar-refractivity contribution >= 4 is 21.4 Å². The molecule has 17 heavy (non-hydrogen) atoms. The van der Waals surface area contributed by atoms with Crippen LogP contribution in [0.15, 0.2) is 17.5 Å². The zero-order valence-electron chi connectivity index (χ0n) is 9.93. The molecule has 98 valence electrons. The summed E-state index contributed by atoms with van der Waals surface area (Å²) in [6.45, 7) is 2.00. The van der Waals surface area contributed by atoms with Gasteiger partial charge >= 0.3 is 0 Å². The number of nitrogens with one attached hydrogen (secondary N) is 1. The van der Waals surface area contributed by atoms with E-state index in [4.69, 9.17) is 5.11 Å². The van der Waals surface area contributed by atoms with Gasteiger partial charge in [0.2, 0.25) is 10.0 Å². The molecular formula is C11H19NO3S2. The zero-order chi connectivity index (χ0) is 12.7.